The van der Waals surface area contributed by atoms with Crippen molar-refractivity contribution in [3.05, 3.63) is 0 Å². The van der Waals surface area contributed by atoms with Gasteiger partial charge in [0, 0.05) is 13.2 Å². The van der Waals surface area contributed by atoms with Gasteiger partial charge in [0.15, 0.2) is 0 Å². The van der Waals surface area contributed by atoms with Crippen molar-refractivity contribution in [1.29, 1.82) is 5.26 Å². The number of carbonyl (C=O) groups excluding carboxylic acids is 1. The third-order valence-corrected chi connectivity index (χ3v) is 3.37. The van der Waals surface area contributed by atoms with Gasteiger partial charge in [-0.1, -0.05) is 39.5 Å². The first kappa shape index (κ1) is 17.9. The van der Waals surface area contributed by atoms with Crippen molar-refractivity contribution in [2.45, 2.75) is 65.2 Å². The quantitative estimate of drug-likeness (QED) is 0.566. The monoisotopic (exact) mass is 268 g/mol. The highest BCUT2D eigenvalue weighted by Gasteiger charge is 2.36. The maximum Gasteiger partial charge on any atom is 0.240 e. The number of aliphatic hydroxyl groups excluding tert-OH is 1. The molecule has 0 aliphatic rings. The Morgan fingerprint density at radius 2 is 1.74 bits per heavy atom. The van der Waals surface area contributed by atoms with Crippen molar-refractivity contribution >= 4 is 5.91 Å². The van der Waals surface area contributed by atoms with Gasteiger partial charge in [-0.3, -0.25) is 4.79 Å². The van der Waals surface area contributed by atoms with E-state index in [1.807, 2.05) is 13.8 Å². The molecule has 19 heavy (non-hydrogen) atoms. The fourth-order valence-corrected chi connectivity index (χ4v) is 2.33. The number of nitrogens with one attached hydrogen (secondary N) is 1. The molecular formula is C15H28N2O2. The second-order valence-electron chi connectivity index (χ2n) is 5.09. The first-order chi connectivity index (χ1) is 9.16. The molecule has 0 heterocycles. The van der Waals surface area contributed by atoms with Gasteiger partial charge in [0.1, 0.15) is 5.41 Å². The summed E-state index contributed by atoms with van der Waals surface area (Å²) in [7, 11) is 0. The second-order valence-corrected chi connectivity index (χ2v) is 5.09. The van der Waals surface area contributed by atoms with Gasteiger partial charge in [-0.15, -0.1) is 0 Å². The Morgan fingerprint density at radius 3 is 2.21 bits per heavy atom. The van der Waals surface area contributed by atoms with Gasteiger partial charge in [0.25, 0.3) is 0 Å². The van der Waals surface area contributed by atoms with Gasteiger partial charge >= 0.3 is 0 Å². The highest BCUT2D eigenvalue weighted by Crippen LogP contribution is 2.29. The first-order valence-electron chi connectivity index (χ1n) is 7.47. The first-order valence-corrected chi connectivity index (χ1v) is 7.47. The molecule has 0 aliphatic heterocycles. The van der Waals surface area contributed by atoms with Gasteiger partial charge in [-0.2, -0.15) is 5.26 Å². The van der Waals surface area contributed by atoms with Crippen LogP contribution in [0.25, 0.3) is 0 Å². The van der Waals surface area contributed by atoms with Gasteiger partial charge in [0.05, 0.1) is 6.07 Å². The minimum Gasteiger partial charge on any atom is -0.396 e. The van der Waals surface area contributed by atoms with Crippen LogP contribution in [0, 0.1) is 16.7 Å². The number of aliphatic hydroxyl groups is 1. The summed E-state index contributed by atoms with van der Waals surface area (Å²) in [6.45, 7) is 4.87. The zero-order valence-electron chi connectivity index (χ0n) is 12.4. The van der Waals surface area contributed by atoms with Crippen LogP contribution in [0.15, 0.2) is 0 Å². The molecule has 0 atom stereocenters. The molecule has 2 N–H and O–H groups in total. The van der Waals surface area contributed by atoms with Gasteiger partial charge in [0.2, 0.25) is 5.91 Å². The Kier molecular flexibility index (Phi) is 10.2. The SMILES string of the molecule is CCCC(C#N)(CCC)C(=O)NCCCCCCO. The predicted molar refractivity (Wildman–Crippen MR) is 76.4 cm³/mol. The van der Waals surface area contributed by atoms with Crippen LogP contribution in [0.5, 0.6) is 0 Å². The summed E-state index contributed by atoms with van der Waals surface area (Å²) < 4.78 is 0. The van der Waals surface area contributed by atoms with Gasteiger partial charge in [-0.05, 0) is 25.7 Å². The number of nitriles is 1. The molecule has 110 valence electrons. The maximum atomic E-state index is 12.2. The minimum absolute atomic E-state index is 0.110. The number of hydrogen-bond acceptors (Lipinski definition) is 3. The Hall–Kier alpha value is -1.08. The average Bonchev–Trinajstić information content (AvgIpc) is 2.42. The topological polar surface area (TPSA) is 73.1 Å². The van der Waals surface area contributed by atoms with E-state index in [9.17, 15) is 10.1 Å². The van der Waals surface area contributed by atoms with E-state index in [0.717, 1.165) is 38.5 Å². The Labute approximate surface area is 117 Å². The van der Waals surface area contributed by atoms with Crippen LogP contribution in [0.2, 0.25) is 0 Å². The molecule has 0 saturated heterocycles. The largest absolute Gasteiger partial charge is 0.396 e. The lowest BCUT2D eigenvalue weighted by atomic mass is 9.80. The molecule has 0 aromatic rings. The molecular weight excluding hydrogens is 240 g/mol. The third kappa shape index (κ3) is 6.58. The van der Waals surface area contributed by atoms with E-state index < -0.39 is 5.41 Å². The summed E-state index contributed by atoms with van der Waals surface area (Å²) in [5.41, 5.74) is -0.839. The van der Waals surface area contributed by atoms with Crippen molar-refractivity contribution in [2.24, 2.45) is 5.41 Å². The van der Waals surface area contributed by atoms with E-state index in [4.69, 9.17) is 5.11 Å². The normalized spacial score (nSPS) is 11.1. The van der Waals surface area contributed by atoms with Crippen LogP contribution >= 0.6 is 0 Å². The highest BCUT2D eigenvalue weighted by molar-refractivity contribution is 5.85. The van der Waals surface area contributed by atoms with Crippen molar-refractivity contribution in [1.82, 2.24) is 5.32 Å². The lowest BCUT2D eigenvalue weighted by Crippen LogP contribution is -2.40. The summed E-state index contributed by atoms with van der Waals surface area (Å²) in [5.74, 6) is -0.110. The lowest BCUT2D eigenvalue weighted by Gasteiger charge is -2.24. The smallest absolute Gasteiger partial charge is 0.240 e. The lowest BCUT2D eigenvalue weighted by molar-refractivity contribution is -0.128. The van der Waals surface area contributed by atoms with Crippen LogP contribution in [0.3, 0.4) is 0 Å². The molecule has 0 aromatic carbocycles. The van der Waals surface area contributed by atoms with Gasteiger partial charge in [-0.25, -0.2) is 0 Å². The summed E-state index contributed by atoms with van der Waals surface area (Å²) in [6, 6.07) is 2.23. The molecule has 0 spiro atoms. The number of nitrogens with zero attached hydrogens (tertiary/aromatic N) is 1. The fraction of sp³-hybridized carbons (Fsp3) is 0.867. The number of rotatable bonds is 11. The second kappa shape index (κ2) is 10.8. The third-order valence-electron chi connectivity index (χ3n) is 3.37. The summed E-state index contributed by atoms with van der Waals surface area (Å²) in [6.07, 6.45) is 6.67. The van der Waals surface area contributed by atoms with E-state index in [-0.39, 0.29) is 12.5 Å². The van der Waals surface area contributed by atoms with E-state index in [1.54, 1.807) is 0 Å². The Balaban J connectivity index is 4.15. The summed E-state index contributed by atoms with van der Waals surface area (Å²) in [4.78, 5) is 12.2. The molecule has 4 heteroatoms. The molecule has 1 amide bonds. The molecule has 0 fully saturated rings. The van der Waals surface area contributed by atoms with Crippen LogP contribution in [0.4, 0.5) is 0 Å². The standard InChI is InChI=1S/C15H28N2O2/c1-3-9-15(13-16,10-4-2)14(19)17-11-7-5-6-8-12-18/h18H,3-12H2,1-2H3,(H,17,19). The van der Waals surface area contributed by atoms with E-state index >= 15 is 0 Å². The molecule has 0 aromatic heterocycles. The molecule has 4 nitrogen and oxygen atoms in total. The number of hydrogen-bond donors (Lipinski definition) is 2. The van der Waals surface area contributed by atoms with Crippen molar-refractivity contribution < 1.29 is 9.90 Å². The van der Waals surface area contributed by atoms with Crippen molar-refractivity contribution in [3.8, 4) is 6.07 Å². The maximum absolute atomic E-state index is 12.2. The molecule has 0 saturated carbocycles. The highest BCUT2D eigenvalue weighted by atomic mass is 16.2. The fourth-order valence-electron chi connectivity index (χ4n) is 2.33. The van der Waals surface area contributed by atoms with Crippen LogP contribution < -0.4 is 5.32 Å². The van der Waals surface area contributed by atoms with E-state index in [1.165, 1.54) is 0 Å². The van der Waals surface area contributed by atoms with E-state index in [2.05, 4.69) is 11.4 Å². The summed E-state index contributed by atoms with van der Waals surface area (Å²) in [5, 5.41) is 20.9. The molecule has 0 radical (unpaired) electrons. The minimum atomic E-state index is -0.839. The number of amides is 1. The Bertz CT molecular complexity index is 278. The molecule has 0 rings (SSSR count). The van der Waals surface area contributed by atoms with Crippen LogP contribution in [-0.2, 0) is 4.79 Å². The van der Waals surface area contributed by atoms with Crippen molar-refractivity contribution in [3.63, 3.8) is 0 Å². The molecule has 0 unspecified atom stereocenters. The zero-order chi connectivity index (χ0) is 14.6. The van der Waals surface area contributed by atoms with Crippen LogP contribution in [0.1, 0.15) is 65.2 Å². The van der Waals surface area contributed by atoms with Crippen molar-refractivity contribution in [2.75, 3.05) is 13.2 Å². The average molecular weight is 268 g/mol. The zero-order valence-corrected chi connectivity index (χ0v) is 12.4. The molecule has 0 aliphatic carbocycles. The van der Waals surface area contributed by atoms with Crippen LogP contribution in [-0.4, -0.2) is 24.2 Å². The number of carbonyl (C=O) groups is 1. The number of unbranched alkanes of at least 4 members (excludes halogenated alkanes) is 3. The summed E-state index contributed by atoms with van der Waals surface area (Å²) >= 11 is 0. The molecule has 0 bridgehead atoms. The predicted octanol–water partition coefficient (Wildman–Crippen LogP) is 2.77. The Morgan fingerprint density at radius 1 is 1.16 bits per heavy atom. The van der Waals surface area contributed by atoms with Gasteiger partial charge < -0.3 is 10.4 Å². The van der Waals surface area contributed by atoms with E-state index in [0.29, 0.717) is 19.4 Å².